The van der Waals surface area contributed by atoms with Crippen LogP contribution in [-0.4, -0.2) is 5.71 Å². The lowest BCUT2D eigenvalue weighted by atomic mass is 9.82. The van der Waals surface area contributed by atoms with Gasteiger partial charge in [0.25, 0.3) is 0 Å². The molecular weight excluding hydrogens is 268 g/mol. The molecule has 3 aromatic rings. The molecule has 2 nitrogen and oxygen atoms in total. The van der Waals surface area contributed by atoms with E-state index in [1.54, 1.807) is 0 Å². The van der Waals surface area contributed by atoms with Gasteiger partial charge in [0.1, 0.15) is 0 Å². The predicted molar refractivity (Wildman–Crippen MR) is 90.6 cm³/mol. The Bertz CT molecular complexity index is 910. The number of benzene rings is 3. The van der Waals surface area contributed by atoms with Gasteiger partial charge in [0, 0.05) is 16.9 Å². The quantitative estimate of drug-likeness (QED) is 0.666. The summed E-state index contributed by atoms with van der Waals surface area (Å²) in [7, 11) is 0. The van der Waals surface area contributed by atoms with Crippen LogP contribution in [0.15, 0.2) is 77.8 Å². The highest BCUT2D eigenvalue weighted by Crippen LogP contribution is 2.50. The molecule has 0 bridgehead atoms. The molecule has 0 saturated heterocycles. The average Bonchev–Trinajstić information content (AvgIpc) is 2.97. The van der Waals surface area contributed by atoms with Crippen molar-refractivity contribution in [2.24, 2.45) is 4.99 Å². The van der Waals surface area contributed by atoms with E-state index >= 15 is 0 Å². The van der Waals surface area contributed by atoms with Crippen LogP contribution < -0.4 is 5.32 Å². The number of rotatable bonds is 1. The maximum absolute atomic E-state index is 4.95. The van der Waals surface area contributed by atoms with Gasteiger partial charge in [-0.05, 0) is 29.3 Å². The summed E-state index contributed by atoms with van der Waals surface area (Å²) in [5.41, 5.74) is 8.41. The summed E-state index contributed by atoms with van der Waals surface area (Å²) in [6, 6.07) is 25.4. The van der Waals surface area contributed by atoms with Gasteiger partial charge in [-0.1, -0.05) is 54.6 Å². The fraction of sp³-hybridized carbons (Fsp3) is 0.0500. The minimum Gasteiger partial charge on any atom is -0.355 e. The lowest BCUT2D eigenvalue weighted by Gasteiger charge is -2.27. The minimum absolute atomic E-state index is 0.228. The maximum atomic E-state index is 4.95. The molecule has 1 unspecified atom stereocenters. The van der Waals surface area contributed by atoms with Crippen molar-refractivity contribution in [3.8, 4) is 0 Å². The molecule has 104 valence electrons. The average molecular weight is 282 g/mol. The highest BCUT2D eigenvalue weighted by atomic mass is 14.9. The van der Waals surface area contributed by atoms with Gasteiger partial charge < -0.3 is 5.32 Å². The van der Waals surface area contributed by atoms with Gasteiger partial charge in [-0.2, -0.15) is 0 Å². The molecule has 2 aliphatic rings. The fourth-order valence-electron chi connectivity index (χ4n) is 3.54. The Balaban J connectivity index is 1.79. The Morgan fingerprint density at radius 1 is 0.727 bits per heavy atom. The lowest BCUT2D eigenvalue weighted by Crippen LogP contribution is -2.18. The molecule has 2 heterocycles. The molecule has 22 heavy (non-hydrogen) atoms. The fourth-order valence-corrected chi connectivity index (χ4v) is 3.54. The number of hydrogen-bond donors (Lipinski definition) is 1. The van der Waals surface area contributed by atoms with Crippen LogP contribution in [0.5, 0.6) is 0 Å². The summed E-state index contributed by atoms with van der Waals surface area (Å²) in [6.07, 6.45) is 0. The topological polar surface area (TPSA) is 24.4 Å². The third-order valence-electron chi connectivity index (χ3n) is 4.50. The van der Waals surface area contributed by atoms with Crippen molar-refractivity contribution in [3.63, 3.8) is 0 Å². The van der Waals surface area contributed by atoms with E-state index in [4.69, 9.17) is 4.99 Å². The van der Waals surface area contributed by atoms with Crippen molar-refractivity contribution in [2.75, 3.05) is 5.32 Å². The summed E-state index contributed by atoms with van der Waals surface area (Å²) in [4.78, 5) is 4.95. The number of nitrogens with zero attached hydrogens (tertiary/aromatic N) is 1. The first kappa shape index (κ1) is 11.8. The Morgan fingerprint density at radius 2 is 1.50 bits per heavy atom. The highest BCUT2D eigenvalue weighted by Gasteiger charge is 2.35. The zero-order chi connectivity index (χ0) is 14.5. The van der Waals surface area contributed by atoms with Gasteiger partial charge in [-0.25, -0.2) is 0 Å². The monoisotopic (exact) mass is 282 g/mol. The third-order valence-corrected chi connectivity index (χ3v) is 4.50. The van der Waals surface area contributed by atoms with Crippen LogP contribution in [0.4, 0.5) is 17.1 Å². The molecule has 0 aliphatic carbocycles. The molecule has 0 aromatic heterocycles. The van der Waals surface area contributed by atoms with E-state index in [0.717, 1.165) is 11.4 Å². The van der Waals surface area contributed by atoms with Gasteiger partial charge in [0.05, 0.1) is 17.3 Å². The third kappa shape index (κ3) is 1.52. The number of hydrogen-bond acceptors (Lipinski definition) is 2. The highest BCUT2D eigenvalue weighted by molar-refractivity contribution is 6.14. The van der Waals surface area contributed by atoms with Crippen molar-refractivity contribution in [3.05, 3.63) is 89.5 Å². The van der Waals surface area contributed by atoms with Crippen LogP contribution in [0, 0.1) is 0 Å². The summed E-state index contributed by atoms with van der Waals surface area (Å²) in [5.74, 6) is 0.228. The van der Waals surface area contributed by atoms with Gasteiger partial charge in [0.15, 0.2) is 0 Å². The van der Waals surface area contributed by atoms with E-state index in [1.165, 1.54) is 28.1 Å². The van der Waals surface area contributed by atoms with Crippen LogP contribution in [0.2, 0.25) is 0 Å². The normalized spacial score (nSPS) is 17.3. The van der Waals surface area contributed by atoms with Gasteiger partial charge in [-0.3, -0.25) is 4.99 Å². The Morgan fingerprint density at radius 3 is 2.41 bits per heavy atom. The van der Waals surface area contributed by atoms with Crippen molar-refractivity contribution in [1.29, 1.82) is 0 Å². The van der Waals surface area contributed by atoms with E-state index in [2.05, 4.69) is 72.0 Å². The SMILES string of the molecule is c1ccc(C2=Nc3cccc4c3C2c2ccccc2N4)cc1. The van der Waals surface area contributed by atoms with Crippen LogP contribution in [0.1, 0.15) is 22.6 Å². The molecule has 1 atom stereocenters. The van der Waals surface area contributed by atoms with Crippen molar-refractivity contribution >= 4 is 22.8 Å². The van der Waals surface area contributed by atoms with Gasteiger partial charge >= 0.3 is 0 Å². The Hall–Kier alpha value is -2.87. The second-order valence-electron chi connectivity index (χ2n) is 5.75. The van der Waals surface area contributed by atoms with E-state index < -0.39 is 0 Å². The summed E-state index contributed by atoms with van der Waals surface area (Å²) < 4.78 is 0. The molecule has 0 radical (unpaired) electrons. The van der Waals surface area contributed by atoms with Gasteiger partial charge in [0.2, 0.25) is 0 Å². The standard InChI is InChI=1S/C20H14N2/c1-2-7-13(8-3-1)20-18-14-9-4-5-10-15(14)21-16-11-6-12-17(22-20)19(16)18/h1-12,18,21H. The van der Waals surface area contributed by atoms with E-state index in [-0.39, 0.29) is 5.92 Å². The molecule has 5 rings (SSSR count). The molecule has 0 amide bonds. The number of anilines is 2. The summed E-state index contributed by atoms with van der Waals surface area (Å²) in [6.45, 7) is 0. The molecule has 0 fully saturated rings. The molecule has 1 N–H and O–H groups in total. The largest absolute Gasteiger partial charge is 0.355 e. The van der Waals surface area contributed by atoms with E-state index in [1.807, 2.05) is 6.07 Å². The molecule has 3 aromatic carbocycles. The first-order valence-corrected chi connectivity index (χ1v) is 7.55. The maximum Gasteiger partial charge on any atom is 0.0696 e. The Kier molecular flexibility index (Phi) is 2.30. The predicted octanol–water partition coefficient (Wildman–Crippen LogP) is 5.01. The summed E-state index contributed by atoms with van der Waals surface area (Å²) >= 11 is 0. The second-order valence-corrected chi connectivity index (χ2v) is 5.75. The van der Waals surface area contributed by atoms with Crippen LogP contribution in [0.25, 0.3) is 0 Å². The number of nitrogens with one attached hydrogen (secondary N) is 1. The molecular formula is C20H14N2. The molecule has 2 aliphatic heterocycles. The van der Waals surface area contributed by atoms with Crippen LogP contribution in [-0.2, 0) is 0 Å². The first-order valence-electron chi connectivity index (χ1n) is 7.55. The zero-order valence-electron chi connectivity index (χ0n) is 12.0. The first-order chi connectivity index (χ1) is 10.9. The number of aliphatic imine (C=N–C) groups is 1. The summed E-state index contributed by atoms with van der Waals surface area (Å²) in [5, 5.41) is 3.55. The lowest BCUT2D eigenvalue weighted by molar-refractivity contribution is 1.09. The Labute approximate surface area is 129 Å². The van der Waals surface area contributed by atoms with Crippen LogP contribution >= 0.6 is 0 Å². The molecule has 0 saturated carbocycles. The van der Waals surface area contributed by atoms with Crippen molar-refractivity contribution < 1.29 is 0 Å². The minimum atomic E-state index is 0.228. The van der Waals surface area contributed by atoms with Crippen molar-refractivity contribution in [2.45, 2.75) is 5.92 Å². The number of para-hydroxylation sites is 1. The number of fused-ring (bicyclic) bond motifs is 2. The van der Waals surface area contributed by atoms with Gasteiger partial charge in [-0.15, -0.1) is 0 Å². The molecule has 2 heteroatoms. The van der Waals surface area contributed by atoms with E-state index in [9.17, 15) is 0 Å². The molecule has 0 spiro atoms. The van der Waals surface area contributed by atoms with E-state index in [0.29, 0.717) is 0 Å². The van der Waals surface area contributed by atoms with Crippen LogP contribution in [0.3, 0.4) is 0 Å². The smallest absolute Gasteiger partial charge is 0.0696 e. The zero-order valence-corrected chi connectivity index (χ0v) is 12.0. The second kappa shape index (κ2) is 4.31. The van der Waals surface area contributed by atoms with Crippen molar-refractivity contribution in [1.82, 2.24) is 0 Å².